The molecule has 0 spiro atoms. The molecule has 0 saturated carbocycles. The average Bonchev–Trinajstić information content (AvgIpc) is 2.62. The zero-order valence-corrected chi connectivity index (χ0v) is 15.0. The minimum absolute atomic E-state index is 0.0397. The Labute approximate surface area is 154 Å². The molecule has 0 bridgehead atoms. The fourth-order valence-corrected chi connectivity index (χ4v) is 2.88. The van der Waals surface area contributed by atoms with E-state index in [4.69, 9.17) is 9.05 Å². The largest absolute Gasteiger partial charge is 0.472 e. The fourth-order valence-electron chi connectivity index (χ4n) is 2.16. The van der Waals surface area contributed by atoms with E-state index < -0.39 is 17.7 Å². The molecule has 144 valence electrons. The molecular formula is C16H17N2O8P. The summed E-state index contributed by atoms with van der Waals surface area (Å²) >= 11 is 0. The number of nitrogens with zero attached hydrogens (tertiary/aromatic N) is 2. The number of rotatable bonds is 10. The molecule has 0 atom stereocenters. The molecule has 10 nitrogen and oxygen atoms in total. The lowest BCUT2D eigenvalue weighted by atomic mass is 10.1. The number of hydrogen-bond donors (Lipinski definition) is 1. The second-order valence-corrected chi connectivity index (χ2v) is 6.94. The number of non-ortho nitro benzene ring substituents is 2. The number of phosphoric acid groups is 1. The van der Waals surface area contributed by atoms with Gasteiger partial charge in [-0.25, -0.2) is 4.57 Å². The molecule has 0 fully saturated rings. The molecule has 0 unspecified atom stereocenters. The lowest BCUT2D eigenvalue weighted by Crippen LogP contribution is -2.03. The standard InChI is InChI=1S/C16H17N2O8P/c19-17(20)15-5-1-13(2-6-15)9-11-25-27(23,24)26-12-10-14-3-7-16(8-4-14)18(21)22/h1-8H,9-12H2,(H,23,24). The Kier molecular flexibility index (Phi) is 7.14. The molecule has 0 aromatic heterocycles. The maximum Gasteiger partial charge on any atom is 0.472 e. The van der Waals surface area contributed by atoms with Crippen LogP contribution in [0, 0.1) is 20.2 Å². The molecule has 2 aromatic carbocycles. The topological polar surface area (TPSA) is 142 Å². The maximum absolute atomic E-state index is 11.8. The van der Waals surface area contributed by atoms with Crippen LogP contribution in [0.2, 0.25) is 0 Å². The molecule has 27 heavy (non-hydrogen) atoms. The van der Waals surface area contributed by atoms with E-state index in [1.165, 1.54) is 24.3 Å². The molecule has 2 aromatic rings. The van der Waals surface area contributed by atoms with Gasteiger partial charge in [0.25, 0.3) is 11.4 Å². The monoisotopic (exact) mass is 396 g/mol. The molecule has 0 aliphatic rings. The first-order chi connectivity index (χ1) is 12.8. The van der Waals surface area contributed by atoms with Crippen molar-refractivity contribution in [3.8, 4) is 0 Å². The van der Waals surface area contributed by atoms with E-state index in [0.717, 1.165) is 0 Å². The van der Waals surface area contributed by atoms with Gasteiger partial charge < -0.3 is 4.89 Å². The van der Waals surface area contributed by atoms with Crippen LogP contribution in [-0.2, 0) is 26.5 Å². The van der Waals surface area contributed by atoms with Crippen LogP contribution in [0.4, 0.5) is 11.4 Å². The van der Waals surface area contributed by atoms with Crippen LogP contribution in [0.3, 0.4) is 0 Å². The molecule has 0 aliphatic heterocycles. The van der Waals surface area contributed by atoms with Crippen LogP contribution in [0.1, 0.15) is 11.1 Å². The zero-order valence-electron chi connectivity index (χ0n) is 14.1. The number of hydrogen-bond acceptors (Lipinski definition) is 7. The van der Waals surface area contributed by atoms with E-state index in [1.807, 2.05) is 0 Å². The van der Waals surface area contributed by atoms with Crippen molar-refractivity contribution in [1.82, 2.24) is 0 Å². The van der Waals surface area contributed by atoms with Crippen LogP contribution < -0.4 is 0 Å². The first kappa shape index (κ1) is 20.7. The molecular weight excluding hydrogens is 379 g/mol. The summed E-state index contributed by atoms with van der Waals surface area (Å²) in [7, 11) is -4.23. The van der Waals surface area contributed by atoms with Crippen molar-refractivity contribution < 1.29 is 28.4 Å². The third kappa shape index (κ3) is 6.87. The van der Waals surface area contributed by atoms with Crippen molar-refractivity contribution in [2.75, 3.05) is 13.2 Å². The van der Waals surface area contributed by atoms with E-state index >= 15 is 0 Å². The number of benzene rings is 2. The van der Waals surface area contributed by atoms with Gasteiger partial charge in [0.05, 0.1) is 23.1 Å². The summed E-state index contributed by atoms with van der Waals surface area (Å²) in [5, 5.41) is 21.1. The summed E-state index contributed by atoms with van der Waals surface area (Å²) in [5.41, 5.74) is 1.35. The molecule has 1 N–H and O–H groups in total. The van der Waals surface area contributed by atoms with E-state index in [0.29, 0.717) is 11.1 Å². The lowest BCUT2D eigenvalue weighted by molar-refractivity contribution is -0.385. The minimum atomic E-state index is -4.23. The molecule has 0 heterocycles. The molecule has 0 amide bonds. The van der Waals surface area contributed by atoms with E-state index in [9.17, 15) is 29.7 Å². The second kappa shape index (κ2) is 9.33. The zero-order chi connectivity index (χ0) is 19.9. The van der Waals surface area contributed by atoms with Crippen molar-refractivity contribution in [2.24, 2.45) is 0 Å². The predicted octanol–water partition coefficient (Wildman–Crippen LogP) is 3.42. The van der Waals surface area contributed by atoms with E-state index in [2.05, 4.69) is 0 Å². The normalized spacial score (nSPS) is 11.3. The molecule has 11 heteroatoms. The molecule has 0 radical (unpaired) electrons. The predicted molar refractivity (Wildman–Crippen MR) is 95.3 cm³/mol. The average molecular weight is 396 g/mol. The highest BCUT2D eigenvalue weighted by atomic mass is 31.2. The highest BCUT2D eigenvalue weighted by Crippen LogP contribution is 2.43. The van der Waals surface area contributed by atoms with Crippen LogP contribution in [0.5, 0.6) is 0 Å². The fraction of sp³-hybridized carbons (Fsp3) is 0.250. The Morgan fingerprint density at radius 1 is 0.778 bits per heavy atom. The summed E-state index contributed by atoms with van der Waals surface area (Å²) in [6, 6.07) is 11.5. The number of phosphoric ester groups is 1. The lowest BCUT2D eigenvalue weighted by Gasteiger charge is -2.12. The van der Waals surface area contributed by atoms with Gasteiger partial charge in [-0.05, 0) is 24.0 Å². The van der Waals surface area contributed by atoms with Gasteiger partial charge >= 0.3 is 7.82 Å². The summed E-state index contributed by atoms with van der Waals surface area (Å²) in [6.45, 7) is -0.188. The Hall–Kier alpha value is -2.65. The van der Waals surface area contributed by atoms with Crippen LogP contribution in [0.25, 0.3) is 0 Å². The highest BCUT2D eigenvalue weighted by Gasteiger charge is 2.20. The third-order valence-corrected chi connectivity index (χ3v) is 4.60. The van der Waals surface area contributed by atoms with Crippen molar-refractivity contribution in [2.45, 2.75) is 12.8 Å². The first-order valence-corrected chi connectivity index (χ1v) is 9.35. The second-order valence-electron chi connectivity index (χ2n) is 5.48. The first-order valence-electron chi connectivity index (χ1n) is 7.85. The summed E-state index contributed by atoms with van der Waals surface area (Å²) in [6.07, 6.45) is 0.572. The van der Waals surface area contributed by atoms with Gasteiger partial charge in [-0.3, -0.25) is 29.3 Å². The van der Waals surface area contributed by atoms with Gasteiger partial charge in [-0.1, -0.05) is 24.3 Å². The summed E-state index contributed by atoms with van der Waals surface area (Å²) < 4.78 is 21.5. The minimum Gasteiger partial charge on any atom is -0.302 e. The third-order valence-electron chi connectivity index (χ3n) is 3.58. The van der Waals surface area contributed by atoms with Crippen molar-refractivity contribution in [3.05, 3.63) is 79.9 Å². The van der Waals surface area contributed by atoms with Crippen molar-refractivity contribution in [1.29, 1.82) is 0 Å². The summed E-state index contributed by atoms with van der Waals surface area (Å²) in [5.74, 6) is 0. The molecule has 0 aliphatic carbocycles. The number of nitro benzene ring substituents is 2. The maximum atomic E-state index is 11.8. The molecule has 0 saturated heterocycles. The Morgan fingerprint density at radius 3 is 1.41 bits per heavy atom. The van der Waals surface area contributed by atoms with E-state index in [1.54, 1.807) is 24.3 Å². The quantitative estimate of drug-likeness (QED) is 0.366. The van der Waals surface area contributed by atoms with Crippen LogP contribution in [-0.4, -0.2) is 28.0 Å². The van der Waals surface area contributed by atoms with Gasteiger partial charge in [0.1, 0.15) is 0 Å². The number of nitro groups is 2. The Balaban J connectivity index is 1.73. The van der Waals surface area contributed by atoms with Gasteiger partial charge in [0, 0.05) is 24.3 Å². The summed E-state index contributed by atoms with van der Waals surface area (Å²) in [4.78, 5) is 29.8. The van der Waals surface area contributed by atoms with Gasteiger partial charge in [0.15, 0.2) is 0 Å². The van der Waals surface area contributed by atoms with Crippen molar-refractivity contribution in [3.63, 3.8) is 0 Å². The molecule has 2 rings (SSSR count). The van der Waals surface area contributed by atoms with Gasteiger partial charge in [0.2, 0.25) is 0 Å². The van der Waals surface area contributed by atoms with Crippen molar-refractivity contribution >= 4 is 19.2 Å². The van der Waals surface area contributed by atoms with Crippen LogP contribution in [0.15, 0.2) is 48.5 Å². The van der Waals surface area contributed by atoms with E-state index in [-0.39, 0.29) is 37.4 Å². The van der Waals surface area contributed by atoms with Crippen LogP contribution >= 0.6 is 7.82 Å². The van der Waals surface area contributed by atoms with Gasteiger partial charge in [-0.15, -0.1) is 0 Å². The van der Waals surface area contributed by atoms with Gasteiger partial charge in [-0.2, -0.15) is 0 Å². The highest BCUT2D eigenvalue weighted by molar-refractivity contribution is 7.47. The smallest absolute Gasteiger partial charge is 0.302 e. The Bertz CT molecular complexity index is 771. The SMILES string of the molecule is O=[N+]([O-])c1ccc(CCOP(=O)(O)OCCc2ccc([N+](=O)[O-])cc2)cc1. The Morgan fingerprint density at radius 2 is 1.11 bits per heavy atom.